The van der Waals surface area contributed by atoms with E-state index in [1.54, 1.807) is 0 Å². The summed E-state index contributed by atoms with van der Waals surface area (Å²) in [5.41, 5.74) is 8.18. The molecule has 0 bridgehead atoms. The van der Waals surface area contributed by atoms with Crippen LogP contribution in [0.1, 0.15) is 30.0 Å². The van der Waals surface area contributed by atoms with Gasteiger partial charge in [0.25, 0.3) is 0 Å². The molecule has 0 aliphatic heterocycles. The molecule has 0 amide bonds. The quantitative estimate of drug-likeness (QED) is 0.797. The molecule has 0 aliphatic carbocycles. The minimum Gasteiger partial charge on any atom is -0.324 e. The second kappa shape index (κ2) is 6.89. The average Bonchev–Trinajstić information content (AvgIpc) is 2.18. The van der Waals surface area contributed by atoms with Crippen molar-refractivity contribution in [3.05, 3.63) is 47.0 Å². The van der Waals surface area contributed by atoms with Crippen LogP contribution >= 0.6 is 24.0 Å². The fourth-order valence-electron chi connectivity index (χ4n) is 1.30. The summed E-state index contributed by atoms with van der Waals surface area (Å²) in [4.78, 5) is 0. The minimum absolute atomic E-state index is 0. The maximum absolute atomic E-state index is 6.02. The molecule has 0 spiro atoms. The number of aryl methyl sites for hydroxylation is 1. The van der Waals surface area contributed by atoms with Crippen molar-refractivity contribution in [3.8, 4) is 0 Å². The molecule has 2 N–H and O–H groups in total. The first-order valence-electron chi connectivity index (χ1n) is 4.77. The molecule has 0 fully saturated rings. The molecule has 0 heterocycles. The maximum atomic E-state index is 6.02. The van der Waals surface area contributed by atoms with Gasteiger partial charge in [0.2, 0.25) is 0 Å². The van der Waals surface area contributed by atoms with Crippen LogP contribution in [0, 0.1) is 6.92 Å². The van der Waals surface area contributed by atoms with Gasteiger partial charge in [0.15, 0.2) is 0 Å². The molecule has 0 aliphatic rings. The molecule has 1 aromatic rings. The number of halogens is 2. The van der Waals surface area contributed by atoms with Crippen molar-refractivity contribution in [2.24, 2.45) is 5.73 Å². The van der Waals surface area contributed by atoms with E-state index >= 15 is 0 Å². The zero-order valence-corrected chi connectivity index (χ0v) is 10.4. The first-order chi connectivity index (χ1) is 6.65. The highest BCUT2D eigenvalue weighted by atomic mass is 35.5. The van der Waals surface area contributed by atoms with Crippen molar-refractivity contribution < 1.29 is 0 Å². The van der Waals surface area contributed by atoms with E-state index in [1.165, 1.54) is 0 Å². The number of hydrogen-bond acceptors (Lipinski definition) is 1. The van der Waals surface area contributed by atoms with Crippen molar-refractivity contribution in [2.75, 3.05) is 0 Å². The van der Waals surface area contributed by atoms with Gasteiger partial charge in [-0.15, -0.1) is 19.0 Å². The molecule has 15 heavy (non-hydrogen) atoms. The highest BCUT2D eigenvalue weighted by Crippen LogP contribution is 2.22. The number of nitrogens with two attached hydrogens (primary N) is 1. The monoisotopic (exact) mass is 245 g/mol. The van der Waals surface area contributed by atoms with Gasteiger partial charge in [-0.2, -0.15) is 0 Å². The Morgan fingerprint density at radius 1 is 1.53 bits per heavy atom. The van der Waals surface area contributed by atoms with E-state index in [9.17, 15) is 0 Å². The molecule has 0 saturated heterocycles. The number of rotatable bonds is 4. The fraction of sp³-hybridized carbons (Fsp3) is 0.333. The predicted molar refractivity (Wildman–Crippen MR) is 69.8 cm³/mol. The minimum atomic E-state index is 0. The summed E-state index contributed by atoms with van der Waals surface area (Å²) in [5, 5.41) is 0.788. The topological polar surface area (TPSA) is 26.0 Å². The van der Waals surface area contributed by atoms with E-state index in [1.807, 2.05) is 31.2 Å². The Morgan fingerprint density at radius 3 is 2.73 bits per heavy atom. The number of benzene rings is 1. The van der Waals surface area contributed by atoms with Crippen LogP contribution in [0.4, 0.5) is 0 Å². The lowest BCUT2D eigenvalue weighted by Crippen LogP contribution is -2.09. The molecular weight excluding hydrogens is 229 g/mol. The summed E-state index contributed by atoms with van der Waals surface area (Å²) >= 11 is 6.02. The third-order valence-corrected chi connectivity index (χ3v) is 2.71. The van der Waals surface area contributed by atoms with Gasteiger partial charge in [0, 0.05) is 11.1 Å². The third-order valence-electron chi connectivity index (χ3n) is 2.31. The van der Waals surface area contributed by atoms with Crippen LogP contribution in [0.3, 0.4) is 0 Å². The van der Waals surface area contributed by atoms with Crippen molar-refractivity contribution in [1.82, 2.24) is 0 Å². The highest BCUT2D eigenvalue weighted by Gasteiger charge is 2.06. The fourth-order valence-corrected chi connectivity index (χ4v) is 1.49. The Hall–Kier alpha value is -0.500. The molecule has 0 aromatic heterocycles. The highest BCUT2D eigenvalue weighted by molar-refractivity contribution is 6.31. The lowest BCUT2D eigenvalue weighted by molar-refractivity contribution is 0.661. The largest absolute Gasteiger partial charge is 0.324 e. The van der Waals surface area contributed by atoms with Gasteiger partial charge in [-0.25, -0.2) is 0 Å². The smallest absolute Gasteiger partial charge is 0.0438 e. The Bertz CT molecular complexity index is 323. The Morgan fingerprint density at radius 2 is 2.20 bits per heavy atom. The molecule has 0 saturated carbocycles. The van der Waals surface area contributed by atoms with Crippen LogP contribution in [0.5, 0.6) is 0 Å². The van der Waals surface area contributed by atoms with Gasteiger partial charge < -0.3 is 5.73 Å². The first kappa shape index (κ1) is 14.5. The summed E-state index contributed by atoms with van der Waals surface area (Å²) in [6.45, 7) is 5.66. The van der Waals surface area contributed by atoms with Crippen LogP contribution in [-0.2, 0) is 0 Å². The van der Waals surface area contributed by atoms with Gasteiger partial charge >= 0.3 is 0 Å². The van der Waals surface area contributed by atoms with Crippen LogP contribution in [0.2, 0.25) is 5.02 Å². The SMILES string of the molecule is C=CCC[C@H](N)c1ccc(C)c(Cl)c1.Cl. The van der Waals surface area contributed by atoms with Gasteiger partial charge in [0.05, 0.1) is 0 Å². The van der Waals surface area contributed by atoms with E-state index in [0.29, 0.717) is 0 Å². The van der Waals surface area contributed by atoms with Crippen LogP contribution in [0.25, 0.3) is 0 Å². The van der Waals surface area contributed by atoms with E-state index in [-0.39, 0.29) is 18.4 Å². The molecule has 1 nitrogen and oxygen atoms in total. The summed E-state index contributed by atoms with van der Waals surface area (Å²) in [7, 11) is 0. The summed E-state index contributed by atoms with van der Waals surface area (Å²) < 4.78 is 0. The van der Waals surface area contributed by atoms with Crippen LogP contribution < -0.4 is 5.73 Å². The average molecular weight is 246 g/mol. The van der Waals surface area contributed by atoms with Crippen molar-refractivity contribution in [2.45, 2.75) is 25.8 Å². The number of hydrogen-bond donors (Lipinski definition) is 1. The number of allylic oxidation sites excluding steroid dienone is 1. The Labute approximate surface area is 103 Å². The molecule has 1 aromatic carbocycles. The van der Waals surface area contributed by atoms with E-state index in [4.69, 9.17) is 17.3 Å². The molecule has 1 atom stereocenters. The predicted octanol–water partition coefficient (Wildman–Crippen LogP) is 4.04. The summed E-state index contributed by atoms with van der Waals surface area (Å²) in [6.07, 6.45) is 3.74. The lowest BCUT2D eigenvalue weighted by Gasteiger charge is -2.11. The van der Waals surface area contributed by atoms with Crippen molar-refractivity contribution in [3.63, 3.8) is 0 Å². The first-order valence-corrected chi connectivity index (χ1v) is 5.15. The maximum Gasteiger partial charge on any atom is 0.0438 e. The lowest BCUT2D eigenvalue weighted by atomic mass is 10.0. The molecular formula is C12H17Cl2N. The van der Waals surface area contributed by atoms with Crippen LogP contribution in [-0.4, -0.2) is 0 Å². The van der Waals surface area contributed by atoms with Crippen LogP contribution in [0.15, 0.2) is 30.9 Å². The third kappa shape index (κ3) is 4.25. The van der Waals surface area contributed by atoms with E-state index in [2.05, 4.69) is 6.58 Å². The van der Waals surface area contributed by atoms with Gasteiger partial charge in [-0.3, -0.25) is 0 Å². The van der Waals surface area contributed by atoms with Crippen molar-refractivity contribution in [1.29, 1.82) is 0 Å². The Balaban J connectivity index is 0.00000196. The second-order valence-corrected chi connectivity index (χ2v) is 3.89. The molecule has 0 radical (unpaired) electrons. The van der Waals surface area contributed by atoms with Gasteiger partial charge in [-0.1, -0.05) is 29.8 Å². The zero-order chi connectivity index (χ0) is 10.6. The van der Waals surface area contributed by atoms with E-state index in [0.717, 1.165) is 29.0 Å². The van der Waals surface area contributed by atoms with Gasteiger partial charge in [-0.05, 0) is 37.0 Å². The van der Waals surface area contributed by atoms with Crippen molar-refractivity contribution >= 4 is 24.0 Å². The molecule has 3 heteroatoms. The normalized spacial score (nSPS) is 11.7. The van der Waals surface area contributed by atoms with Gasteiger partial charge in [0.1, 0.15) is 0 Å². The second-order valence-electron chi connectivity index (χ2n) is 3.48. The Kier molecular flexibility index (Phi) is 6.66. The summed E-state index contributed by atoms with van der Waals surface area (Å²) in [5.74, 6) is 0. The molecule has 0 unspecified atom stereocenters. The molecule has 1 rings (SSSR count). The zero-order valence-electron chi connectivity index (χ0n) is 8.87. The molecule has 84 valence electrons. The standard InChI is InChI=1S/C12H16ClN.ClH/c1-3-4-5-12(14)10-7-6-9(2)11(13)8-10;/h3,6-8,12H,1,4-5,14H2,2H3;1H/t12-;/m0./s1. The van der Waals surface area contributed by atoms with E-state index < -0.39 is 0 Å². The summed E-state index contributed by atoms with van der Waals surface area (Å²) in [6, 6.07) is 6.05.